The third-order valence-electron chi connectivity index (χ3n) is 3.22. The van der Waals surface area contributed by atoms with E-state index in [9.17, 15) is 5.11 Å². The molecule has 19 heavy (non-hydrogen) atoms. The molecule has 0 aliphatic carbocycles. The lowest BCUT2D eigenvalue weighted by Gasteiger charge is -2.40. The summed E-state index contributed by atoms with van der Waals surface area (Å²) in [4.78, 5) is 4.17. The maximum absolute atomic E-state index is 11.1. The van der Waals surface area contributed by atoms with Crippen molar-refractivity contribution in [3.05, 3.63) is 65.7 Å². The second kappa shape index (κ2) is 4.35. The Balaban J connectivity index is 2.28. The minimum atomic E-state index is -1.52. The van der Waals surface area contributed by atoms with Crippen LogP contribution in [0.1, 0.15) is 11.1 Å². The predicted molar refractivity (Wildman–Crippen MR) is 74.9 cm³/mol. The number of para-hydroxylation sites is 1. The van der Waals surface area contributed by atoms with Gasteiger partial charge in [-0.3, -0.25) is 0 Å². The normalized spacial score (nSPS) is 21.8. The van der Waals surface area contributed by atoms with Crippen LogP contribution in [-0.2, 0) is 5.72 Å². The molecule has 1 unspecified atom stereocenters. The Morgan fingerprint density at radius 1 is 1.05 bits per heavy atom. The Labute approximate surface area is 115 Å². The predicted octanol–water partition coefficient (Wildman–Crippen LogP) is 2.30. The smallest absolute Gasteiger partial charge is 0.216 e. The van der Waals surface area contributed by atoms with Gasteiger partial charge in [0.2, 0.25) is 11.0 Å². The van der Waals surface area contributed by atoms with Gasteiger partial charge in [0, 0.05) is 11.1 Å². The third-order valence-corrected chi connectivity index (χ3v) is 3.48. The van der Waals surface area contributed by atoms with E-state index in [4.69, 9.17) is 17.4 Å². The Bertz CT molecular complexity index is 644. The number of nitrogens with two attached hydrogens (primary N) is 1. The van der Waals surface area contributed by atoms with Gasteiger partial charge in [0.15, 0.2) is 0 Å². The Morgan fingerprint density at radius 2 is 1.68 bits per heavy atom. The average molecular weight is 274 g/mol. The fraction of sp³-hybridized carbons (Fsp3) is 0.0714. The van der Waals surface area contributed by atoms with Gasteiger partial charge in [-0.25, -0.2) is 15.8 Å². The highest BCUT2D eigenvalue weighted by molar-refractivity contribution is 6.65. The minimum absolute atomic E-state index is 0.0463. The summed E-state index contributed by atoms with van der Waals surface area (Å²) in [6.45, 7) is 0. The SMILES string of the molecule is NN1C(Cl)=Nc2ccccc2C1(O)c1ccccc1. The molecule has 1 aliphatic rings. The first-order valence-corrected chi connectivity index (χ1v) is 6.18. The van der Waals surface area contributed by atoms with E-state index in [1.54, 1.807) is 24.3 Å². The van der Waals surface area contributed by atoms with E-state index in [0.717, 1.165) is 5.01 Å². The molecule has 0 spiro atoms. The molecule has 0 radical (unpaired) electrons. The molecular weight excluding hydrogens is 262 g/mol. The van der Waals surface area contributed by atoms with Gasteiger partial charge < -0.3 is 5.11 Å². The van der Waals surface area contributed by atoms with Crippen LogP contribution < -0.4 is 5.84 Å². The quantitative estimate of drug-likeness (QED) is 0.619. The average Bonchev–Trinajstić information content (AvgIpc) is 2.46. The number of fused-ring (bicyclic) bond motifs is 1. The van der Waals surface area contributed by atoms with Crippen molar-refractivity contribution in [2.45, 2.75) is 5.72 Å². The first-order valence-electron chi connectivity index (χ1n) is 5.80. The van der Waals surface area contributed by atoms with Gasteiger partial charge in [-0.2, -0.15) is 0 Å². The lowest BCUT2D eigenvalue weighted by Crippen LogP contribution is -2.54. The fourth-order valence-corrected chi connectivity index (χ4v) is 2.46. The summed E-state index contributed by atoms with van der Waals surface area (Å²) in [5, 5.41) is 12.2. The number of aliphatic imine (C=N–C) groups is 1. The molecule has 4 nitrogen and oxygen atoms in total. The van der Waals surface area contributed by atoms with Crippen molar-refractivity contribution in [3.8, 4) is 0 Å². The van der Waals surface area contributed by atoms with Gasteiger partial charge in [0.05, 0.1) is 5.69 Å². The molecule has 0 saturated heterocycles. The van der Waals surface area contributed by atoms with Crippen molar-refractivity contribution in [3.63, 3.8) is 0 Å². The van der Waals surface area contributed by atoms with E-state index in [1.807, 2.05) is 30.3 Å². The minimum Gasteiger partial charge on any atom is -0.362 e. The highest BCUT2D eigenvalue weighted by Gasteiger charge is 2.42. The molecule has 5 heteroatoms. The van der Waals surface area contributed by atoms with Crippen LogP contribution in [0.15, 0.2) is 59.6 Å². The highest BCUT2D eigenvalue weighted by atomic mass is 35.5. The summed E-state index contributed by atoms with van der Waals surface area (Å²) in [6, 6.07) is 16.4. The summed E-state index contributed by atoms with van der Waals surface area (Å²) in [7, 11) is 0. The van der Waals surface area contributed by atoms with Crippen LogP contribution in [-0.4, -0.2) is 15.4 Å². The van der Waals surface area contributed by atoms with Gasteiger partial charge in [0.25, 0.3) is 0 Å². The van der Waals surface area contributed by atoms with Crippen LogP contribution in [0, 0.1) is 0 Å². The number of rotatable bonds is 1. The lowest BCUT2D eigenvalue weighted by atomic mass is 9.92. The first-order chi connectivity index (χ1) is 9.14. The molecule has 1 heterocycles. The number of hydrogen-bond donors (Lipinski definition) is 2. The third kappa shape index (κ3) is 1.73. The van der Waals surface area contributed by atoms with Gasteiger partial charge in [-0.15, -0.1) is 0 Å². The van der Waals surface area contributed by atoms with Crippen molar-refractivity contribution >= 4 is 22.6 Å². The molecule has 0 amide bonds. The van der Waals surface area contributed by atoms with E-state index < -0.39 is 5.72 Å². The van der Waals surface area contributed by atoms with Crippen LogP contribution in [0.5, 0.6) is 0 Å². The lowest BCUT2D eigenvalue weighted by molar-refractivity contribution is -0.0389. The van der Waals surface area contributed by atoms with E-state index in [0.29, 0.717) is 16.8 Å². The zero-order chi connectivity index (χ0) is 13.5. The number of aliphatic hydroxyl groups is 1. The van der Waals surface area contributed by atoms with Crippen molar-refractivity contribution < 1.29 is 5.11 Å². The van der Waals surface area contributed by atoms with Crippen molar-refractivity contribution in [2.24, 2.45) is 10.8 Å². The molecule has 0 fully saturated rings. The summed E-state index contributed by atoms with van der Waals surface area (Å²) >= 11 is 6.02. The van der Waals surface area contributed by atoms with E-state index in [1.165, 1.54) is 0 Å². The Hall–Kier alpha value is -1.88. The second-order valence-electron chi connectivity index (χ2n) is 4.31. The molecule has 0 saturated carbocycles. The summed E-state index contributed by atoms with van der Waals surface area (Å²) in [6.07, 6.45) is 0. The topological polar surface area (TPSA) is 61.8 Å². The van der Waals surface area contributed by atoms with Gasteiger partial charge in [0.1, 0.15) is 0 Å². The monoisotopic (exact) mass is 273 g/mol. The number of halogens is 1. The van der Waals surface area contributed by atoms with Crippen molar-refractivity contribution in [1.29, 1.82) is 0 Å². The summed E-state index contributed by atoms with van der Waals surface area (Å²) in [5.41, 5.74) is 0.336. The van der Waals surface area contributed by atoms with E-state index >= 15 is 0 Å². The molecular formula is C14H12ClN3O. The van der Waals surface area contributed by atoms with Crippen LogP contribution in [0.3, 0.4) is 0 Å². The fourth-order valence-electron chi connectivity index (χ4n) is 2.25. The summed E-state index contributed by atoms with van der Waals surface area (Å²) < 4.78 is 0. The van der Waals surface area contributed by atoms with Crippen LogP contribution in [0.25, 0.3) is 0 Å². The molecule has 0 bridgehead atoms. The zero-order valence-corrected chi connectivity index (χ0v) is 10.7. The number of hydrogen-bond acceptors (Lipinski definition) is 4. The molecule has 3 rings (SSSR count). The van der Waals surface area contributed by atoms with Gasteiger partial charge >= 0.3 is 0 Å². The van der Waals surface area contributed by atoms with Crippen LogP contribution >= 0.6 is 11.6 Å². The van der Waals surface area contributed by atoms with Crippen molar-refractivity contribution in [1.82, 2.24) is 5.01 Å². The Morgan fingerprint density at radius 3 is 2.42 bits per heavy atom. The number of nitrogens with zero attached hydrogens (tertiary/aromatic N) is 2. The molecule has 96 valence electrons. The van der Waals surface area contributed by atoms with Crippen LogP contribution in [0.4, 0.5) is 5.69 Å². The van der Waals surface area contributed by atoms with Crippen molar-refractivity contribution in [2.75, 3.05) is 0 Å². The largest absolute Gasteiger partial charge is 0.362 e. The van der Waals surface area contributed by atoms with Gasteiger partial charge in [-0.1, -0.05) is 48.5 Å². The molecule has 2 aromatic carbocycles. The number of hydrazine groups is 1. The molecule has 1 atom stereocenters. The molecule has 2 aromatic rings. The molecule has 0 aromatic heterocycles. The Kier molecular flexibility index (Phi) is 2.78. The van der Waals surface area contributed by atoms with E-state index in [-0.39, 0.29) is 5.29 Å². The summed E-state index contributed by atoms with van der Waals surface area (Å²) in [5.74, 6) is 5.92. The van der Waals surface area contributed by atoms with E-state index in [2.05, 4.69) is 4.99 Å². The number of amidine groups is 1. The second-order valence-corrected chi connectivity index (χ2v) is 4.64. The maximum atomic E-state index is 11.1. The van der Waals surface area contributed by atoms with Crippen LogP contribution in [0.2, 0.25) is 0 Å². The standard InChI is InChI=1S/C14H12ClN3O/c15-13-17-12-9-5-4-8-11(12)14(19,18(13)16)10-6-2-1-3-7-10/h1-9,19H,16H2. The zero-order valence-electron chi connectivity index (χ0n) is 9.99. The highest BCUT2D eigenvalue weighted by Crippen LogP contribution is 2.41. The molecule has 3 N–H and O–H groups in total. The van der Waals surface area contributed by atoms with Gasteiger partial charge in [-0.05, 0) is 17.7 Å². The number of benzene rings is 2. The molecule has 1 aliphatic heterocycles. The maximum Gasteiger partial charge on any atom is 0.216 e. The first kappa shape index (κ1) is 12.2.